The molecule has 0 bridgehead atoms. The molecule has 21 heavy (non-hydrogen) atoms. The predicted octanol–water partition coefficient (Wildman–Crippen LogP) is 1.78. The van der Waals surface area contributed by atoms with Crippen molar-refractivity contribution in [1.82, 2.24) is 10.6 Å². The van der Waals surface area contributed by atoms with E-state index in [1.807, 2.05) is 33.8 Å². The lowest BCUT2D eigenvalue weighted by atomic mass is 10.0. The smallest absolute Gasteiger partial charge is 0.251 e. The van der Waals surface area contributed by atoms with Crippen molar-refractivity contribution in [2.24, 2.45) is 5.92 Å². The summed E-state index contributed by atoms with van der Waals surface area (Å²) >= 11 is 0. The van der Waals surface area contributed by atoms with Crippen LogP contribution in [0, 0.1) is 19.8 Å². The first-order chi connectivity index (χ1) is 9.81. The van der Waals surface area contributed by atoms with Crippen molar-refractivity contribution in [2.75, 3.05) is 18.8 Å². The Morgan fingerprint density at radius 3 is 2.43 bits per heavy atom. The minimum Gasteiger partial charge on any atom is -0.398 e. The van der Waals surface area contributed by atoms with Gasteiger partial charge in [-0.25, -0.2) is 0 Å². The number of aryl methyl sites for hydroxylation is 2. The lowest BCUT2D eigenvalue weighted by Gasteiger charge is -2.11. The number of carbonyl (C=O) groups excluding carboxylic acids is 2. The summed E-state index contributed by atoms with van der Waals surface area (Å²) in [5.74, 6) is 0.168. The van der Waals surface area contributed by atoms with Gasteiger partial charge in [-0.2, -0.15) is 0 Å². The number of carbonyl (C=O) groups is 2. The van der Waals surface area contributed by atoms with E-state index in [2.05, 4.69) is 10.6 Å². The molecule has 0 heterocycles. The average Bonchev–Trinajstić information content (AvgIpc) is 2.40. The zero-order valence-electron chi connectivity index (χ0n) is 13.2. The second kappa shape index (κ2) is 7.67. The van der Waals surface area contributed by atoms with Gasteiger partial charge in [-0.15, -0.1) is 0 Å². The Morgan fingerprint density at radius 2 is 1.81 bits per heavy atom. The Labute approximate surface area is 126 Å². The minimum absolute atomic E-state index is 0.0517. The third kappa shape index (κ3) is 5.45. The number of amides is 2. The quantitative estimate of drug-likeness (QED) is 0.698. The van der Waals surface area contributed by atoms with E-state index in [0.29, 0.717) is 30.3 Å². The summed E-state index contributed by atoms with van der Waals surface area (Å²) in [6.45, 7) is 8.81. The molecular formula is C16H25N3O2. The number of nitrogen functional groups attached to an aromatic ring is 1. The highest BCUT2D eigenvalue weighted by atomic mass is 16.2. The third-order valence-electron chi connectivity index (χ3n) is 3.20. The summed E-state index contributed by atoms with van der Waals surface area (Å²) < 4.78 is 0. The van der Waals surface area contributed by atoms with Gasteiger partial charge in [-0.3, -0.25) is 9.59 Å². The number of hydrogen-bond acceptors (Lipinski definition) is 3. The predicted molar refractivity (Wildman–Crippen MR) is 85.1 cm³/mol. The maximum absolute atomic E-state index is 12.1. The average molecular weight is 291 g/mol. The molecule has 0 atom stereocenters. The Hall–Kier alpha value is -2.04. The molecule has 1 aromatic rings. The van der Waals surface area contributed by atoms with Crippen LogP contribution in [0.25, 0.3) is 0 Å². The first kappa shape index (κ1) is 17.0. The van der Waals surface area contributed by atoms with Crippen LogP contribution >= 0.6 is 0 Å². The summed E-state index contributed by atoms with van der Waals surface area (Å²) in [5, 5.41) is 5.56. The maximum atomic E-state index is 12.1. The molecule has 1 rings (SSSR count). The summed E-state index contributed by atoms with van der Waals surface area (Å²) in [5.41, 5.74) is 8.82. The number of anilines is 1. The number of nitrogens with two attached hydrogens (primary N) is 1. The fraction of sp³-hybridized carbons (Fsp3) is 0.500. The highest BCUT2D eigenvalue weighted by Crippen LogP contribution is 2.17. The van der Waals surface area contributed by atoms with Gasteiger partial charge in [0.2, 0.25) is 5.91 Å². The highest BCUT2D eigenvalue weighted by molar-refractivity contribution is 5.96. The first-order valence-electron chi connectivity index (χ1n) is 7.23. The van der Waals surface area contributed by atoms with Gasteiger partial charge in [-0.05, 0) is 37.0 Å². The van der Waals surface area contributed by atoms with Crippen LogP contribution in [-0.2, 0) is 4.79 Å². The van der Waals surface area contributed by atoms with E-state index in [1.165, 1.54) is 0 Å². The second-order valence-corrected chi connectivity index (χ2v) is 5.73. The summed E-state index contributed by atoms with van der Waals surface area (Å²) in [6, 6.07) is 3.57. The van der Waals surface area contributed by atoms with E-state index in [1.54, 1.807) is 6.07 Å². The Morgan fingerprint density at radius 1 is 1.14 bits per heavy atom. The standard InChI is InChI=1S/C16H25N3O2/c1-10(2)9-19-15(20)5-6-18-16(21)13-8-14(17)12(4)7-11(13)3/h7-8,10H,5-6,9,17H2,1-4H3,(H,18,21)(H,19,20). The summed E-state index contributed by atoms with van der Waals surface area (Å²) in [6.07, 6.45) is 0.277. The zero-order valence-corrected chi connectivity index (χ0v) is 13.2. The van der Waals surface area contributed by atoms with Crippen molar-refractivity contribution in [1.29, 1.82) is 0 Å². The summed E-state index contributed by atoms with van der Waals surface area (Å²) in [4.78, 5) is 23.6. The van der Waals surface area contributed by atoms with E-state index in [-0.39, 0.29) is 18.2 Å². The maximum Gasteiger partial charge on any atom is 0.251 e. The number of nitrogens with one attached hydrogen (secondary N) is 2. The molecule has 0 aliphatic carbocycles. The number of benzene rings is 1. The molecule has 5 heteroatoms. The van der Waals surface area contributed by atoms with E-state index in [0.717, 1.165) is 11.1 Å². The Kier molecular flexibility index (Phi) is 6.21. The first-order valence-corrected chi connectivity index (χ1v) is 7.23. The van der Waals surface area contributed by atoms with Crippen molar-refractivity contribution in [3.63, 3.8) is 0 Å². The van der Waals surface area contributed by atoms with Crippen LogP contribution in [0.1, 0.15) is 41.8 Å². The van der Waals surface area contributed by atoms with Crippen molar-refractivity contribution in [3.05, 3.63) is 28.8 Å². The Balaban J connectivity index is 2.48. The van der Waals surface area contributed by atoms with Gasteiger partial charge < -0.3 is 16.4 Å². The molecule has 1 aromatic carbocycles. The molecule has 0 saturated heterocycles. The topological polar surface area (TPSA) is 84.2 Å². The molecule has 0 aliphatic heterocycles. The van der Waals surface area contributed by atoms with Gasteiger partial charge in [0.15, 0.2) is 0 Å². The normalized spacial score (nSPS) is 10.5. The molecule has 0 unspecified atom stereocenters. The van der Waals surface area contributed by atoms with Gasteiger partial charge in [0.25, 0.3) is 5.91 Å². The molecule has 116 valence electrons. The van der Waals surface area contributed by atoms with Crippen LogP contribution < -0.4 is 16.4 Å². The lowest BCUT2D eigenvalue weighted by Crippen LogP contribution is -2.32. The Bertz CT molecular complexity index is 524. The van der Waals surface area contributed by atoms with Crippen LogP contribution in [0.2, 0.25) is 0 Å². The zero-order chi connectivity index (χ0) is 16.0. The van der Waals surface area contributed by atoms with Crippen LogP contribution in [0.15, 0.2) is 12.1 Å². The van der Waals surface area contributed by atoms with Gasteiger partial charge in [0.1, 0.15) is 0 Å². The van der Waals surface area contributed by atoms with Gasteiger partial charge in [-0.1, -0.05) is 19.9 Å². The molecule has 4 N–H and O–H groups in total. The van der Waals surface area contributed by atoms with Crippen molar-refractivity contribution in [2.45, 2.75) is 34.1 Å². The van der Waals surface area contributed by atoms with Crippen LogP contribution in [0.3, 0.4) is 0 Å². The van der Waals surface area contributed by atoms with Crippen LogP contribution in [0.4, 0.5) is 5.69 Å². The van der Waals surface area contributed by atoms with Gasteiger partial charge in [0.05, 0.1) is 0 Å². The molecule has 0 saturated carbocycles. The molecule has 5 nitrogen and oxygen atoms in total. The molecule has 2 amide bonds. The van der Waals surface area contributed by atoms with E-state index >= 15 is 0 Å². The van der Waals surface area contributed by atoms with Gasteiger partial charge >= 0.3 is 0 Å². The van der Waals surface area contributed by atoms with Crippen molar-refractivity contribution < 1.29 is 9.59 Å². The van der Waals surface area contributed by atoms with Crippen molar-refractivity contribution >= 4 is 17.5 Å². The van der Waals surface area contributed by atoms with Gasteiger partial charge in [0, 0.05) is 30.8 Å². The fourth-order valence-corrected chi connectivity index (χ4v) is 1.90. The van der Waals surface area contributed by atoms with E-state index in [9.17, 15) is 9.59 Å². The summed E-state index contributed by atoms with van der Waals surface area (Å²) in [7, 11) is 0. The SMILES string of the molecule is Cc1cc(C)c(C(=O)NCCC(=O)NCC(C)C)cc1N. The molecule has 0 fully saturated rings. The molecule has 0 spiro atoms. The van der Waals surface area contributed by atoms with Crippen molar-refractivity contribution in [3.8, 4) is 0 Å². The minimum atomic E-state index is -0.198. The van der Waals surface area contributed by atoms with E-state index in [4.69, 9.17) is 5.73 Å². The molecule has 0 aromatic heterocycles. The number of rotatable bonds is 6. The van der Waals surface area contributed by atoms with E-state index < -0.39 is 0 Å². The molecular weight excluding hydrogens is 266 g/mol. The third-order valence-corrected chi connectivity index (χ3v) is 3.20. The largest absolute Gasteiger partial charge is 0.398 e. The highest BCUT2D eigenvalue weighted by Gasteiger charge is 2.11. The lowest BCUT2D eigenvalue weighted by molar-refractivity contribution is -0.121. The molecule has 0 radical (unpaired) electrons. The molecule has 0 aliphatic rings. The van der Waals surface area contributed by atoms with Crippen LogP contribution in [0.5, 0.6) is 0 Å². The fourth-order valence-electron chi connectivity index (χ4n) is 1.90. The number of hydrogen-bond donors (Lipinski definition) is 3. The monoisotopic (exact) mass is 291 g/mol. The van der Waals surface area contributed by atoms with Crippen LogP contribution in [-0.4, -0.2) is 24.9 Å². The second-order valence-electron chi connectivity index (χ2n) is 5.73.